The molecule has 0 spiro atoms. The van der Waals surface area contributed by atoms with E-state index in [1.807, 2.05) is 0 Å². The van der Waals surface area contributed by atoms with Crippen LogP contribution in [-0.4, -0.2) is 42.8 Å². The minimum atomic E-state index is -5.17. The predicted octanol–water partition coefficient (Wildman–Crippen LogP) is 0.0401. The van der Waals surface area contributed by atoms with E-state index in [1.165, 1.54) is 10.7 Å². The number of hydrogen-bond acceptors (Lipinski definition) is 4. The van der Waals surface area contributed by atoms with Gasteiger partial charge in [0, 0.05) is 10.4 Å². The molecule has 7 heteroatoms. The van der Waals surface area contributed by atoms with Gasteiger partial charge in [-0.15, -0.1) is 0 Å². The van der Waals surface area contributed by atoms with Crippen LogP contribution in [0.2, 0.25) is 0 Å². The molecule has 0 unspecified atom stereocenters. The van der Waals surface area contributed by atoms with E-state index in [4.69, 9.17) is 17.5 Å². The molecule has 0 aliphatic heterocycles. The fraction of sp³-hybridized carbons (Fsp3) is 0. The van der Waals surface area contributed by atoms with Crippen LogP contribution in [0.4, 0.5) is 0 Å². The molecule has 0 atom stereocenters. The average molecular weight is 464 g/mol. The van der Waals surface area contributed by atoms with Crippen LogP contribution in [0.5, 0.6) is 0 Å². The van der Waals surface area contributed by atoms with Crippen LogP contribution in [0.1, 0.15) is 0 Å². The Kier molecular flexibility index (Phi) is 8.80. The van der Waals surface area contributed by atoms with E-state index >= 15 is 0 Å². The van der Waals surface area contributed by atoms with Crippen LogP contribution in [-0.2, 0) is 10.4 Å². The Bertz CT molecular complexity index is 739. The summed E-state index contributed by atoms with van der Waals surface area (Å²) in [7, 11) is -5.17. The first-order valence-electron chi connectivity index (χ1n) is 7.15. The molecular formula is C18H17O5SSn-2. The van der Waals surface area contributed by atoms with Crippen LogP contribution in [0.15, 0.2) is 91.0 Å². The molecule has 0 saturated carbocycles. The molecule has 0 saturated heterocycles. The molecule has 0 bridgehead atoms. The van der Waals surface area contributed by atoms with Gasteiger partial charge in [-0.3, -0.25) is 8.42 Å². The van der Waals surface area contributed by atoms with E-state index in [-0.39, 0.29) is 5.48 Å². The topological polar surface area (TPSA) is 112 Å². The monoisotopic (exact) mass is 465 g/mol. The molecule has 5 nitrogen and oxygen atoms in total. The van der Waals surface area contributed by atoms with Crippen molar-refractivity contribution in [1.82, 2.24) is 0 Å². The van der Waals surface area contributed by atoms with Crippen LogP contribution in [0, 0.1) is 0 Å². The van der Waals surface area contributed by atoms with E-state index in [0.29, 0.717) is 0 Å². The normalized spacial score (nSPS) is 10.4. The Labute approximate surface area is 154 Å². The van der Waals surface area contributed by atoms with Gasteiger partial charge in [-0.05, 0) is 0 Å². The van der Waals surface area contributed by atoms with Gasteiger partial charge in [0.2, 0.25) is 0 Å². The Morgan fingerprint density at radius 3 is 0.960 bits per heavy atom. The van der Waals surface area contributed by atoms with Crippen LogP contribution in [0.25, 0.3) is 0 Å². The van der Waals surface area contributed by atoms with E-state index in [1.54, 1.807) is 0 Å². The average Bonchev–Trinajstić information content (AvgIpc) is 2.57. The molecule has 3 rings (SSSR count). The molecule has 0 aliphatic carbocycles. The molecule has 1 radical (unpaired) electrons. The van der Waals surface area contributed by atoms with Crippen molar-refractivity contribution in [3.05, 3.63) is 91.0 Å². The standard InChI is InChI=1S/3C6H5.H2O4S.H2O.Sn/c3*1-2-4-6-5-3-1;1-5(2,3)4;;/h3*1-5H;(H2,1,2,3,4);1H2;/p-2. The second-order valence-corrected chi connectivity index (χ2v) is 12.8. The molecule has 0 heterocycles. The summed E-state index contributed by atoms with van der Waals surface area (Å²) in [6.45, 7) is 0. The Hall–Kier alpha value is -1.71. The summed E-state index contributed by atoms with van der Waals surface area (Å²) in [4.78, 5) is 0. The molecule has 3 aromatic carbocycles. The van der Waals surface area contributed by atoms with Crippen molar-refractivity contribution < 1.29 is 23.0 Å². The summed E-state index contributed by atoms with van der Waals surface area (Å²) >= 11 is -1.98. The van der Waals surface area contributed by atoms with Gasteiger partial charge in [-0.25, -0.2) is 0 Å². The van der Waals surface area contributed by atoms with Gasteiger partial charge in [0.1, 0.15) is 0 Å². The third kappa shape index (κ3) is 7.80. The van der Waals surface area contributed by atoms with Crippen LogP contribution in [0.3, 0.4) is 0 Å². The molecule has 131 valence electrons. The summed E-state index contributed by atoms with van der Waals surface area (Å²) in [5.41, 5.74) is 0. The van der Waals surface area contributed by atoms with Gasteiger partial charge in [-0.2, -0.15) is 0 Å². The third-order valence-corrected chi connectivity index (χ3v) is 11.0. The quantitative estimate of drug-likeness (QED) is 0.310. The molecule has 0 aliphatic rings. The summed E-state index contributed by atoms with van der Waals surface area (Å²) in [6.07, 6.45) is 0. The first-order valence-corrected chi connectivity index (χ1v) is 12.8. The zero-order chi connectivity index (χ0) is 17.4. The molecular weight excluding hydrogens is 447 g/mol. The summed E-state index contributed by atoms with van der Waals surface area (Å²) in [5.74, 6) is 0. The van der Waals surface area contributed by atoms with Crippen molar-refractivity contribution in [3.8, 4) is 0 Å². The molecule has 25 heavy (non-hydrogen) atoms. The Balaban J connectivity index is 0.000000462. The molecule has 0 fully saturated rings. The fourth-order valence-corrected chi connectivity index (χ4v) is 9.67. The van der Waals surface area contributed by atoms with Crippen molar-refractivity contribution in [2.24, 2.45) is 0 Å². The van der Waals surface area contributed by atoms with Crippen LogP contribution < -0.4 is 10.7 Å². The SMILES string of the molecule is O.O=S(=O)([O-])[O-].c1cc[c]([Sn]([c]2ccccc2)[c]2ccccc2)cc1. The molecule has 0 amide bonds. The van der Waals surface area contributed by atoms with Crippen molar-refractivity contribution in [2.75, 3.05) is 0 Å². The van der Waals surface area contributed by atoms with Gasteiger partial charge in [0.25, 0.3) is 0 Å². The van der Waals surface area contributed by atoms with E-state index in [9.17, 15) is 0 Å². The van der Waals surface area contributed by atoms with Crippen molar-refractivity contribution in [2.45, 2.75) is 0 Å². The minimum absolute atomic E-state index is 0. The first kappa shape index (κ1) is 21.3. The first-order chi connectivity index (χ1) is 11.4. The summed E-state index contributed by atoms with van der Waals surface area (Å²) in [6, 6.07) is 32.9. The van der Waals surface area contributed by atoms with Gasteiger partial charge in [0.05, 0.1) is 0 Å². The number of hydrogen-bond donors (Lipinski definition) is 0. The van der Waals surface area contributed by atoms with Crippen molar-refractivity contribution in [3.63, 3.8) is 0 Å². The van der Waals surface area contributed by atoms with Gasteiger partial charge in [0.15, 0.2) is 0 Å². The summed E-state index contributed by atoms with van der Waals surface area (Å²) in [5, 5.41) is 0. The van der Waals surface area contributed by atoms with E-state index in [2.05, 4.69) is 91.0 Å². The van der Waals surface area contributed by atoms with Gasteiger partial charge in [-0.1, -0.05) is 0 Å². The third-order valence-electron chi connectivity index (χ3n) is 3.19. The van der Waals surface area contributed by atoms with E-state index < -0.39 is 30.2 Å². The Morgan fingerprint density at radius 2 is 0.760 bits per heavy atom. The second kappa shape index (κ2) is 10.3. The predicted molar refractivity (Wildman–Crippen MR) is 98.1 cm³/mol. The zero-order valence-electron chi connectivity index (χ0n) is 13.2. The van der Waals surface area contributed by atoms with Gasteiger partial charge >= 0.3 is 121 Å². The maximum absolute atomic E-state index is 8.52. The van der Waals surface area contributed by atoms with Crippen molar-refractivity contribution in [1.29, 1.82) is 0 Å². The maximum atomic E-state index is 8.52. The molecule has 2 N–H and O–H groups in total. The van der Waals surface area contributed by atoms with Gasteiger partial charge < -0.3 is 14.6 Å². The molecule has 0 aromatic heterocycles. The van der Waals surface area contributed by atoms with E-state index in [0.717, 1.165) is 0 Å². The number of benzene rings is 3. The fourth-order valence-electron chi connectivity index (χ4n) is 2.31. The number of rotatable bonds is 3. The second-order valence-electron chi connectivity index (χ2n) is 4.88. The zero-order valence-corrected chi connectivity index (χ0v) is 16.9. The summed E-state index contributed by atoms with van der Waals surface area (Å²) < 4.78 is 38.7. The van der Waals surface area contributed by atoms with Crippen molar-refractivity contribution >= 4 is 40.9 Å². The Morgan fingerprint density at radius 1 is 0.560 bits per heavy atom. The molecule has 3 aromatic rings. The van der Waals surface area contributed by atoms with Crippen LogP contribution >= 0.6 is 0 Å².